The van der Waals surface area contributed by atoms with E-state index < -0.39 is 5.97 Å². The van der Waals surface area contributed by atoms with Crippen molar-refractivity contribution < 1.29 is 19.1 Å². The molecule has 2 aromatic carbocycles. The predicted molar refractivity (Wildman–Crippen MR) is 107 cm³/mol. The molecule has 1 fully saturated rings. The predicted octanol–water partition coefficient (Wildman–Crippen LogP) is 3.81. The van der Waals surface area contributed by atoms with Crippen LogP contribution in [0.4, 0.5) is 11.4 Å². The number of carbonyl (C=O) groups is 3. The smallest absolute Gasteiger partial charge is 0.337 e. The molecule has 2 atom stereocenters. The fourth-order valence-electron chi connectivity index (χ4n) is 3.00. The maximum absolute atomic E-state index is 12.4. The van der Waals surface area contributed by atoms with Crippen LogP contribution in [0.2, 0.25) is 0 Å². The number of methoxy groups -OCH3 is 1. The van der Waals surface area contributed by atoms with Gasteiger partial charge in [0.1, 0.15) is 0 Å². The number of hydrogen-bond donors (Lipinski definition) is 2. The molecular weight excluding hydrogens is 356 g/mol. The Labute approximate surface area is 164 Å². The van der Waals surface area contributed by atoms with Crippen LogP contribution >= 0.6 is 0 Å². The van der Waals surface area contributed by atoms with Crippen LogP contribution in [0.15, 0.2) is 48.5 Å². The van der Waals surface area contributed by atoms with Crippen LogP contribution in [0.25, 0.3) is 0 Å². The first kappa shape index (κ1) is 19.6. The van der Waals surface area contributed by atoms with Crippen molar-refractivity contribution in [2.45, 2.75) is 26.2 Å². The molecule has 6 nitrogen and oxygen atoms in total. The van der Waals surface area contributed by atoms with E-state index in [-0.39, 0.29) is 23.7 Å². The minimum Gasteiger partial charge on any atom is -0.465 e. The fourth-order valence-corrected chi connectivity index (χ4v) is 3.00. The first-order valence-electron chi connectivity index (χ1n) is 9.29. The minimum absolute atomic E-state index is 0.140. The molecule has 6 heteroatoms. The Kier molecular flexibility index (Phi) is 5.78. The van der Waals surface area contributed by atoms with Gasteiger partial charge in [-0.2, -0.15) is 0 Å². The van der Waals surface area contributed by atoms with Gasteiger partial charge in [-0.05, 0) is 54.3 Å². The summed E-state index contributed by atoms with van der Waals surface area (Å²) in [5.41, 5.74) is 2.93. The molecule has 1 saturated carbocycles. The Morgan fingerprint density at radius 1 is 0.857 bits per heavy atom. The van der Waals surface area contributed by atoms with Crippen molar-refractivity contribution in [1.82, 2.24) is 0 Å². The lowest BCUT2D eigenvalue weighted by Crippen LogP contribution is -2.20. The van der Waals surface area contributed by atoms with Gasteiger partial charge in [-0.15, -0.1) is 0 Å². The largest absolute Gasteiger partial charge is 0.465 e. The maximum atomic E-state index is 12.4. The molecular formula is C22H24N2O4. The Morgan fingerprint density at radius 2 is 1.32 bits per heavy atom. The second-order valence-electron chi connectivity index (χ2n) is 7.27. The van der Waals surface area contributed by atoms with E-state index in [4.69, 9.17) is 0 Å². The Balaban J connectivity index is 1.52. The molecule has 3 rings (SSSR count). The van der Waals surface area contributed by atoms with Gasteiger partial charge in [-0.3, -0.25) is 9.59 Å². The molecule has 0 bridgehead atoms. The Hall–Kier alpha value is -3.15. The third-order valence-electron chi connectivity index (χ3n) is 4.88. The van der Waals surface area contributed by atoms with E-state index in [1.807, 2.05) is 24.3 Å². The number of anilines is 2. The van der Waals surface area contributed by atoms with Crippen LogP contribution in [0.5, 0.6) is 0 Å². The summed E-state index contributed by atoms with van der Waals surface area (Å²) in [4.78, 5) is 36.2. The molecule has 2 amide bonds. The Morgan fingerprint density at radius 3 is 1.75 bits per heavy atom. The first-order chi connectivity index (χ1) is 13.4. The SMILES string of the molecule is COC(=O)c1ccc(NC(=O)C2CC2C(=O)Nc2ccc(C(C)C)cc2)cc1. The van der Waals surface area contributed by atoms with Gasteiger partial charge in [0.2, 0.25) is 11.8 Å². The second kappa shape index (κ2) is 8.25. The molecule has 0 heterocycles. The molecule has 1 aliphatic carbocycles. The van der Waals surface area contributed by atoms with Gasteiger partial charge in [0.25, 0.3) is 0 Å². The van der Waals surface area contributed by atoms with E-state index in [0.717, 1.165) is 5.69 Å². The van der Waals surface area contributed by atoms with Crippen molar-refractivity contribution in [3.63, 3.8) is 0 Å². The molecule has 28 heavy (non-hydrogen) atoms. The molecule has 2 aromatic rings. The third-order valence-corrected chi connectivity index (χ3v) is 4.88. The molecule has 2 unspecified atom stereocenters. The Bertz CT molecular complexity index is 872. The van der Waals surface area contributed by atoms with Gasteiger partial charge in [-0.1, -0.05) is 26.0 Å². The molecule has 0 radical (unpaired) electrons. The van der Waals surface area contributed by atoms with Gasteiger partial charge in [0.05, 0.1) is 24.5 Å². The van der Waals surface area contributed by atoms with Crippen molar-refractivity contribution in [3.05, 3.63) is 59.7 Å². The van der Waals surface area contributed by atoms with Crippen LogP contribution in [-0.4, -0.2) is 24.9 Å². The van der Waals surface area contributed by atoms with Crippen molar-refractivity contribution in [2.75, 3.05) is 17.7 Å². The molecule has 0 aliphatic heterocycles. The highest BCUT2D eigenvalue weighted by Gasteiger charge is 2.48. The lowest BCUT2D eigenvalue weighted by atomic mass is 10.0. The zero-order chi connectivity index (χ0) is 20.3. The van der Waals surface area contributed by atoms with Crippen LogP contribution in [0, 0.1) is 11.8 Å². The second-order valence-corrected chi connectivity index (χ2v) is 7.27. The number of benzene rings is 2. The average molecular weight is 380 g/mol. The number of amides is 2. The standard InChI is InChI=1S/C22H24N2O4/c1-13(2)14-4-8-16(9-5-14)23-20(25)18-12-19(18)21(26)24-17-10-6-15(7-11-17)22(27)28-3/h4-11,13,18-19H,12H2,1-3H3,(H,23,25)(H,24,26). The van der Waals surface area contributed by atoms with Crippen molar-refractivity contribution in [1.29, 1.82) is 0 Å². The quantitative estimate of drug-likeness (QED) is 0.747. The normalized spacial score (nSPS) is 17.7. The van der Waals surface area contributed by atoms with Gasteiger partial charge >= 0.3 is 5.97 Å². The summed E-state index contributed by atoms with van der Waals surface area (Å²) < 4.78 is 4.64. The highest BCUT2D eigenvalue weighted by molar-refractivity contribution is 6.03. The van der Waals surface area contributed by atoms with Crippen LogP contribution in [0.1, 0.15) is 42.1 Å². The average Bonchev–Trinajstić information content (AvgIpc) is 3.49. The number of carbonyl (C=O) groups excluding carboxylic acids is 3. The number of esters is 1. The summed E-state index contributed by atoms with van der Waals surface area (Å²) in [7, 11) is 1.31. The van der Waals surface area contributed by atoms with E-state index >= 15 is 0 Å². The fraction of sp³-hybridized carbons (Fsp3) is 0.318. The first-order valence-corrected chi connectivity index (χ1v) is 9.29. The van der Waals surface area contributed by atoms with E-state index in [9.17, 15) is 14.4 Å². The van der Waals surface area contributed by atoms with Crippen LogP contribution in [-0.2, 0) is 14.3 Å². The lowest BCUT2D eigenvalue weighted by molar-refractivity contribution is -0.122. The summed E-state index contributed by atoms with van der Waals surface area (Å²) in [6.07, 6.45) is 0.530. The number of rotatable bonds is 6. The van der Waals surface area contributed by atoms with Crippen LogP contribution in [0.3, 0.4) is 0 Å². The number of hydrogen-bond acceptors (Lipinski definition) is 4. The summed E-state index contributed by atoms with van der Waals surface area (Å²) in [5, 5.41) is 5.66. The van der Waals surface area contributed by atoms with Gasteiger partial charge in [-0.25, -0.2) is 4.79 Å². The van der Waals surface area contributed by atoms with E-state index in [0.29, 0.717) is 23.6 Å². The highest BCUT2D eigenvalue weighted by Crippen LogP contribution is 2.40. The zero-order valence-electron chi connectivity index (χ0n) is 16.2. The highest BCUT2D eigenvalue weighted by atomic mass is 16.5. The summed E-state index contributed by atoms with van der Waals surface area (Å²) in [6.45, 7) is 4.23. The molecule has 2 N–H and O–H groups in total. The minimum atomic E-state index is -0.432. The number of ether oxygens (including phenoxy) is 1. The molecule has 0 spiro atoms. The number of nitrogens with one attached hydrogen (secondary N) is 2. The monoisotopic (exact) mass is 380 g/mol. The molecule has 0 saturated heterocycles. The van der Waals surface area contributed by atoms with E-state index in [1.165, 1.54) is 12.7 Å². The molecule has 1 aliphatic rings. The van der Waals surface area contributed by atoms with Crippen LogP contribution < -0.4 is 10.6 Å². The molecule has 146 valence electrons. The zero-order valence-corrected chi connectivity index (χ0v) is 16.2. The summed E-state index contributed by atoms with van der Waals surface area (Å²) in [5.74, 6) is -0.991. The molecule has 0 aromatic heterocycles. The van der Waals surface area contributed by atoms with E-state index in [2.05, 4.69) is 29.2 Å². The maximum Gasteiger partial charge on any atom is 0.337 e. The van der Waals surface area contributed by atoms with Gasteiger partial charge in [0.15, 0.2) is 0 Å². The topological polar surface area (TPSA) is 84.5 Å². The van der Waals surface area contributed by atoms with Crippen molar-refractivity contribution in [2.24, 2.45) is 11.8 Å². The van der Waals surface area contributed by atoms with Gasteiger partial charge in [0, 0.05) is 11.4 Å². The van der Waals surface area contributed by atoms with E-state index in [1.54, 1.807) is 24.3 Å². The van der Waals surface area contributed by atoms with Crippen molar-refractivity contribution >= 4 is 29.2 Å². The van der Waals surface area contributed by atoms with Gasteiger partial charge < -0.3 is 15.4 Å². The lowest BCUT2D eigenvalue weighted by Gasteiger charge is -2.09. The van der Waals surface area contributed by atoms with Crippen molar-refractivity contribution in [3.8, 4) is 0 Å². The third kappa shape index (κ3) is 4.57. The summed E-state index contributed by atoms with van der Waals surface area (Å²) in [6, 6.07) is 14.2. The summed E-state index contributed by atoms with van der Waals surface area (Å²) >= 11 is 0.